The number of carbonyl (C=O) groups is 1. The molecule has 0 saturated carbocycles. The maximum absolute atomic E-state index is 11.1. The van der Waals surface area contributed by atoms with Crippen LogP contribution in [0.1, 0.15) is 12.0 Å². The highest BCUT2D eigenvalue weighted by Crippen LogP contribution is 2.40. The quantitative estimate of drug-likeness (QED) is 0.457. The highest BCUT2D eigenvalue weighted by molar-refractivity contribution is 7.18. The van der Waals surface area contributed by atoms with Crippen molar-refractivity contribution in [2.45, 2.75) is 12.5 Å². The molecule has 10 nitrogen and oxygen atoms in total. The Kier molecular flexibility index (Phi) is 4.34. The van der Waals surface area contributed by atoms with E-state index in [-0.39, 0.29) is 6.04 Å². The number of fused-ring (bicyclic) bond motifs is 3. The normalized spacial score (nSPS) is 16.8. The zero-order chi connectivity index (χ0) is 22.5. The summed E-state index contributed by atoms with van der Waals surface area (Å²) < 4.78 is 1.77. The number of nitrogens with zero attached hydrogens (tertiary/aromatic N) is 8. The molecule has 1 atom stereocenters. The average molecular weight is 456 g/mol. The Hall–Kier alpha value is -4.30. The van der Waals surface area contributed by atoms with Crippen LogP contribution in [0, 0.1) is 11.3 Å². The monoisotopic (exact) mass is 455 g/mol. The predicted octanol–water partition coefficient (Wildman–Crippen LogP) is 2.72. The molecule has 11 heteroatoms. The third-order valence-corrected chi connectivity index (χ3v) is 6.95. The number of pyridine rings is 1. The molecule has 0 radical (unpaired) electrons. The van der Waals surface area contributed by atoms with Crippen LogP contribution >= 0.6 is 11.3 Å². The van der Waals surface area contributed by atoms with Gasteiger partial charge in [0.25, 0.3) is 0 Å². The van der Waals surface area contributed by atoms with Crippen molar-refractivity contribution in [3.05, 3.63) is 54.1 Å². The lowest BCUT2D eigenvalue weighted by molar-refractivity contribution is -0.116. The average Bonchev–Trinajstić information content (AvgIpc) is 3.65. The number of rotatable bonds is 5. The van der Waals surface area contributed by atoms with Crippen LogP contribution in [0.4, 0.5) is 10.8 Å². The smallest absolute Gasteiger partial charge is 0.214 e. The first-order chi connectivity index (χ1) is 16.2. The fourth-order valence-corrected chi connectivity index (χ4v) is 5.23. The van der Waals surface area contributed by atoms with Crippen molar-refractivity contribution < 1.29 is 4.79 Å². The summed E-state index contributed by atoms with van der Waals surface area (Å²) in [7, 11) is 1.86. The van der Waals surface area contributed by atoms with Gasteiger partial charge < -0.3 is 15.1 Å². The summed E-state index contributed by atoms with van der Waals surface area (Å²) in [6.45, 7) is 0.733. The molecule has 6 heterocycles. The Labute approximate surface area is 192 Å². The molecule has 33 heavy (non-hydrogen) atoms. The van der Waals surface area contributed by atoms with Gasteiger partial charge in [-0.05, 0) is 24.3 Å². The van der Waals surface area contributed by atoms with Gasteiger partial charge in [-0.25, -0.2) is 4.52 Å². The molecule has 162 valence electrons. The summed E-state index contributed by atoms with van der Waals surface area (Å²) in [5, 5.41) is 27.1. The van der Waals surface area contributed by atoms with E-state index in [4.69, 9.17) is 5.26 Å². The molecule has 2 aliphatic rings. The molecule has 1 amide bonds. The van der Waals surface area contributed by atoms with Gasteiger partial charge in [-0.2, -0.15) is 10.4 Å². The third-order valence-electron chi connectivity index (χ3n) is 5.97. The number of hydrogen-bond donors (Lipinski definition) is 1. The second-order valence-electron chi connectivity index (χ2n) is 7.81. The molecule has 2 aliphatic heterocycles. The minimum absolute atomic E-state index is 0.174. The van der Waals surface area contributed by atoms with E-state index in [9.17, 15) is 4.79 Å². The lowest BCUT2D eigenvalue weighted by Crippen LogP contribution is -2.35. The first-order valence-electron chi connectivity index (χ1n) is 10.3. The highest BCUT2D eigenvalue weighted by atomic mass is 32.1. The molecule has 4 aromatic heterocycles. The van der Waals surface area contributed by atoms with Crippen LogP contribution in [-0.4, -0.2) is 55.7 Å². The summed E-state index contributed by atoms with van der Waals surface area (Å²) in [5.74, 6) is 0. The molecule has 0 aliphatic carbocycles. The van der Waals surface area contributed by atoms with E-state index in [1.54, 1.807) is 27.9 Å². The van der Waals surface area contributed by atoms with Gasteiger partial charge in [0.2, 0.25) is 11.5 Å². The molecule has 0 spiro atoms. The van der Waals surface area contributed by atoms with E-state index >= 15 is 0 Å². The summed E-state index contributed by atoms with van der Waals surface area (Å²) in [6, 6.07) is 9.89. The molecule has 0 aromatic carbocycles. The van der Waals surface area contributed by atoms with Gasteiger partial charge in [0.05, 0.1) is 40.3 Å². The zero-order valence-electron chi connectivity index (χ0n) is 17.5. The van der Waals surface area contributed by atoms with Crippen molar-refractivity contribution >= 4 is 34.1 Å². The van der Waals surface area contributed by atoms with E-state index in [1.807, 2.05) is 31.4 Å². The minimum atomic E-state index is 0.174. The van der Waals surface area contributed by atoms with Crippen molar-refractivity contribution in [3.8, 4) is 28.0 Å². The van der Waals surface area contributed by atoms with Crippen molar-refractivity contribution in [1.82, 2.24) is 29.7 Å². The molecular formula is C22H17N9OS. The molecule has 2 bridgehead atoms. The number of hydrogen-bond acceptors (Lipinski definition) is 9. The topological polar surface area (TPSA) is 115 Å². The van der Waals surface area contributed by atoms with Gasteiger partial charge in [-0.1, -0.05) is 11.3 Å². The Morgan fingerprint density at radius 3 is 2.94 bits per heavy atom. The van der Waals surface area contributed by atoms with Crippen LogP contribution < -0.4 is 10.2 Å². The Balaban J connectivity index is 1.33. The maximum Gasteiger partial charge on any atom is 0.214 e. The second-order valence-corrected chi connectivity index (χ2v) is 8.76. The largest absolute Gasteiger partial charge is 0.387 e. The van der Waals surface area contributed by atoms with E-state index in [1.165, 1.54) is 11.3 Å². The summed E-state index contributed by atoms with van der Waals surface area (Å²) in [4.78, 5) is 19.6. The van der Waals surface area contributed by atoms with Crippen molar-refractivity contribution in [2.24, 2.45) is 0 Å². The van der Waals surface area contributed by atoms with Gasteiger partial charge >= 0.3 is 0 Å². The number of nitrogens with one attached hydrogen (secondary N) is 1. The summed E-state index contributed by atoms with van der Waals surface area (Å²) in [5.41, 5.74) is 5.75. The zero-order valence-corrected chi connectivity index (χ0v) is 18.3. The summed E-state index contributed by atoms with van der Waals surface area (Å²) >= 11 is 1.50. The van der Waals surface area contributed by atoms with Crippen LogP contribution in [-0.2, 0) is 4.79 Å². The third kappa shape index (κ3) is 3.03. The van der Waals surface area contributed by atoms with Crippen LogP contribution in [0.3, 0.4) is 0 Å². The number of carbonyl (C=O) groups excluding carboxylic acids is 1. The van der Waals surface area contributed by atoms with Crippen molar-refractivity contribution in [3.63, 3.8) is 0 Å². The maximum atomic E-state index is 11.1. The van der Waals surface area contributed by atoms with Crippen LogP contribution in [0.25, 0.3) is 27.5 Å². The fraction of sp³-hybridized carbons (Fsp3) is 0.182. The standard InChI is InChI=1S/C22H17N9OS/c1-24-18-6-19(20-3-2-14-4-13(7-23)8-26-31(14)20)25-9-17(18)21-27-28-22(33-21)30-11-15-5-16(30)10-29(15)12-32/h2-4,6,8-10,12,15H,5,11H2,1H3,(H,24,25). The predicted molar refractivity (Wildman–Crippen MR) is 123 cm³/mol. The van der Waals surface area contributed by atoms with Gasteiger partial charge in [0.1, 0.15) is 6.07 Å². The molecular weight excluding hydrogens is 438 g/mol. The van der Waals surface area contributed by atoms with E-state index in [0.717, 1.165) is 63.4 Å². The Morgan fingerprint density at radius 2 is 2.18 bits per heavy atom. The van der Waals surface area contributed by atoms with Gasteiger partial charge in [-0.3, -0.25) is 9.78 Å². The van der Waals surface area contributed by atoms with E-state index < -0.39 is 0 Å². The van der Waals surface area contributed by atoms with Gasteiger partial charge in [0.15, 0.2) is 5.01 Å². The first-order valence-corrected chi connectivity index (χ1v) is 11.1. The lowest BCUT2D eigenvalue weighted by atomic mass is 10.2. The van der Waals surface area contributed by atoms with Crippen LogP contribution in [0.5, 0.6) is 0 Å². The van der Waals surface area contributed by atoms with Crippen molar-refractivity contribution in [1.29, 1.82) is 5.26 Å². The molecule has 1 saturated heterocycles. The molecule has 1 unspecified atom stereocenters. The fourth-order valence-electron chi connectivity index (χ4n) is 4.32. The molecule has 6 rings (SSSR count). The van der Waals surface area contributed by atoms with Crippen LogP contribution in [0.15, 0.2) is 48.6 Å². The SMILES string of the molecule is CNc1cc(-c2ccc3cc(C#N)cnn23)ncc1-c1nnc(N2CC3CC2=CN3C=O)s1. The van der Waals surface area contributed by atoms with Gasteiger partial charge in [-0.15, -0.1) is 10.2 Å². The number of amides is 1. The highest BCUT2D eigenvalue weighted by Gasteiger charge is 2.38. The van der Waals surface area contributed by atoms with Crippen LogP contribution in [0.2, 0.25) is 0 Å². The number of anilines is 2. The number of aromatic nitrogens is 5. The lowest BCUT2D eigenvalue weighted by Gasteiger charge is -2.24. The Morgan fingerprint density at radius 1 is 1.27 bits per heavy atom. The van der Waals surface area contributed by atoms with Gasteiger partial charge in [0, 0.05) is 43.8 Å². The van der Waals surface area contributed by atoms with E-state index in [2.05, 4.69) is 36.6 Å². The van der Waals surface area contributed by atoms with E-state index in [0.29, 0.717) is 5.56 Å². The molecule has 1 fully saturated rings. The Bertz CT molecular complexity index is 1480. The number of nitriles is 1. The van der Waals surface area contributed by atoms with Crippen molar-refractivity contribution in [2.75, 3.05) is 23.8 Å². The molecule has 4 aromatic rings. The minimum Gasteiger partial charge on any atom is -0.387 e. The summed E-state index contributed by atoms with van der Waals surface area (Å²) in [6.07, 6.45) is 6.94. The molecule has 1 N–H and O–H groups in total. The first kappa shape index (κ1) is 19.4. The second kappa shape index (κ2) is 7.39.